The molecule has 0 unspecified atom stereocenters. The van der Waals surface area contributed by atoms with Crippen molar-refractivity contribution in [2.24, 2.45) is 5.92 Å². The van der Waals surface area contributed by atoms with E-state index in [-0.39, 0.29) is 17.8 Å². The van der Waals surface area contributed by atoms with Crippen LogP contribution in [0.5, 0.6) is 0 Å². The van der Waals surface area contributed by atoms with Crippen molar-refractivity contribution >= 4 is 11.4 Å². The Balaban J connectivity index is 1.75. The van der Waals surface area contributed by atoms with Gasteiger partial charge in [0, 0.05) is 17.9 Å². The summed E-state index contributed by atoms with van der Waals surface area (Å²) in [5.74, 6) is 0.459. The number of fused-ring (bicyclic) bond motifs is 1. The maximum absolute atomic E-state index is 12.5. The minimum absolute atomic E-state index is 0.0198. The number of carbonyl (C=O) groups excluding carboxylic acids is 1. The molecule has 2 aromatic rings. The average molecular weight is 276 g/mol. The fourth-order valence-electron chi connectivity index (χ4n) is 3.48. The minimum atomic E-state index is 0.0198. The van der Waals surface area contributed by atoms with Crippen LogP contribution in [0.25, 0.3) is 5.57 Å². The number of Topliss-reactive ketones (excluding diaryl/α,β-unsaturated/α-hetero) is 1. The second-order valence-corrected chi connectivity index (χ2v) is 5.64. The Hall–Kier alpha value is -2.19. The molecule has 2 atom stereocenters. The number of ether oxygens (including phenoxy) is 1. The molecule has 2 aromatic carbocycles. The van der Waals surface area contributed by atoms with Crippen molar-refractivity contribution in [3.8, 4) is 0 Å². The number of allylic oxidation sites excluding steroid dienone is 1. The lowest BCUT2D eigenvalue weighted by molar-refractivity contribution is -0.114. The molecule has 2 aliphatic rings. The summed E-state index contributed by atoms with van der Waals surface area (Å²) in [5.41, 5.74) is 4.26. The van der Waals surface area contributed by atoms with Crippen LogP contribution in [0, 0.1) is 5.92 Å². The zero-order valence-electron chi connectivity index (χ0n) is 11.7. The van der Waals surface area contributed by atoms with Crippen LogP contribution in [0.1, 0.15) is 23.7 Å². The largest absolute Gasteiger partial charge is 0.369 e. The molecule has 1 heterocycles. The van der Waals surface area contributed by atoms with Crippen LogP contribution in [0.2, 0.25) is 0 Å². The molecule has 2 nitrogen and oxygen atoms in total. The Morgan fingerprint density at radius 1 is 0.905 bits per heavy atom. The maximum atomic E-state index is 12.5. The predicted molar refractivity (Wildman–Crippen MR) is 81.6 cm³/mol. The third-order valence-corrected chi connectivity index (χ3v) is 4.43. The highest BCUT2D eigenvalue weighted by Crippen LogP contribution is 2.48. The summed E-state index contributed by atoms with van der Waals surface area (Å²) in [6, 6.07) is 20.2. The van der Waals surface area contributed by atoms with Crippen LogP contribution in [0.3, 0.4) is 0 Å². The van der Waals surface area contributed by atoms with Gasteiger partial charge in [0.2, 0.25) is 0 Å². The zero-order chi connectivity index (χ0) is 14.2. The first-order valence-corrected chi connectivity index (χ1v) is 7.33. The summed E-state index contributed by atoms with van der Waals surface area (Å²) in [4.78, 5) is 12.5. The normalized spacial score (nSPS) is 24.5. The van der Waals surface area contributed by atoms with E-state index >= 15 is 0 Å². The van der Waals surface area contributed by atoms with Gasteiger partial charge in [0.1, 0.15) is 0 Å². The Morgan fingerprint density at radius 3 is 2.29 bits per heavy atom. The molecule has 0 aromatic heterocycles. The Labute approximate surface area is 124 Å². The second-order valence-electron chi connectivity index (χ2n) is 5.64. The first-order valence-electron chi connectivity index (χ1n) is 7.33. The van der Waals surface area contributed by atoms with Gasteiger partial charge in [0.15, 0.2) is 5.78 Å². The van der Waals surface area contributed by atoms with E-state index in [0.29, 0.717) is 13.0 Å². The number of carbonyl (C=O) groups is 1. The summed E-state index contributed by atoms with van der Waals surface area (Å²) in [5, 5.41) is 0. The molecule has 2 heteroatoms. The third-order valence-electron chi connectivity index (χ3n) is 4.43. The van der Waals surface area contributed by atoms with Crippen molar-refractivity contribution in [3.63, 3.8) is 0 Å². The van der Waals surface area contributed by atoms with E-state index in [9.17, 15) is 4.79 Å². The van der Waals surface area contributed by atoms with Gasteiger partial charge in [-0.25, -0.2) is 0 Å². The molecule has 0 N–H and O–H groups in total. The minimum Gasteiger partial charge on any atom is -0.369 e. The summed E-state index contributed by atoms with van der Waals surface area (Å²) >= 11 is 0. The number of hydrogen-bond acceptors (Lipinski definition) is 2. The van der Waals surface area contributed by atoms with Gasteiger partial charge < -0.3 is 4.74 Å². The standard InChI is InChI=1S/C19H16O2/c20-17-11-15-16(18(17)13-7-3-1-4-8-13)12-21-19(15)14-9-5-2-6-10-14/h1-10,15,19H,11-12H2/t15-,19+/m1/s1. The van der Waals surface area contributed by atoms with Crippen molar-refractivity contribution in [2.75, 3.05) is 6.61 Å². The molecular weight excluding hydrogens is 260 g/mol. The smallest absolute Gasteiger partial charge is 0.164 e. The van der Waals surface area contributed by atoms with Crippen molar-refractivity contribution < 1.29 is 9.53 Å². The van der Waals surface area contributed by atoms with Gasteiger partial charge in [-0.15, -0.1) is 0 Å². The van der Waals surface area contributed by atoms with Crippen LogP contribution in [-0.2, 0) is 9.53 Å². The molecule has 0 amide bonds. The fraction of sp³-hybridized carbons (Fsp3) is 0.211. The number of ketones is 1. The first-order chi connectivity index (χ1) is 10.3. The van der Waals surface area contributed by atoms with Crippen LogP contribution < -0.4 is 0 Å². The molecule has 1 aliphatic carbocycles. The SMILES string of the molecule is O=C1C[C@@H]2C(=C1c1ccccc1)CO[C@H]2c1ccccc1. The molecular formula is C19H16O2. The van der Waals surface area contributed by atoms with Gasteiger partial charge in [0.05, 0.1) is 12.7 Å². The van der Waals surface area contributed by atoms with Crippen LogP contribution in [0.15, 0.2) is 66.2 Å². The summed E-state index contributed by atoms with van der Waals surface area (Å²) in [6.45, 7) is 0.570. The quantitative estimate of drug-likeness (QED) is 0.834. The van der Waals surface area contributed by atoms with Gasteiger partial charge in [0.25, 0.3) is 0 Å². The lowest BCUT2D eigenvalue weighted by Gasteiger charge is -2.15. The van der Waals surface area contributed by atoms with Gasteiger partial charge in [-0.3, -0.25) is 4.79 Å². The molecule has 0 radical (unpaired) electrons. The van der Waals surface area contributed by atoms with Crippen LogP contribution in [-0.4, -0.2) is 12.4 Å². The molecule has 1 saturated heterocycles. The molecule has 0 bridgehead atoms. The lowest BCUT2D eigenvalue weighted by atomic mass is 9.92. The van der Waals surface area contributed by atoms with Gasteiger partial charge in [-0.1, -0.05) is 60.7 Å². The molecule has 0 spiro atoms. The molecule has 1 fully saturated rings. The number of rotatable bonds is 2. The topological polar surface area (TPSA) is 26.3 Å². The van der Waals surface area contributed by atoms with Crippen molar-refractivity contribution in [1.29, 1.82) is 0 Å². The molecule has 4 rings (SSSR count). The molecule has 21 heavy (non-hydrogen) atoms. The van der Waals surface area contributed by atoms with E-state index < -0.39 is 0 Å². The summed E-state index contributed by atoms with van der Waals surface area (Å²) < 4.78 is 6.00. The average Bonchev–Trinajstić information content (AvgIpc) is 3.06. The van der Waals surface area contributed by atoms with E-state index in [0.717, 1.165) is 11.1 Å². The maximum Gasteiger partial charge on any atom is 0.164 e. The Kier molecular flexibility index (Phi) is 2.97. The third kappa shape index (κ3) is 2.03. The number of hydrogen-bond donors (Lipinski definition) is 0. The monoisotopic (exact) mass is 276 g/mol. The van der Waals surface area contributed by atoms with E-state index in [1.165, 1.54) is 11.1 Å². The molecule has 0 saturated carbocycles. The fourth-order valence-corrected chi connectivity index (χ4v) is 3.48. The van der Waals surface area contributed by atoms with E-state index in [2.05, 4.69) is 12.1 Å². The highest BCUT2D eigenvalue weighted by molar-refractivity contribution is 6.24. The Morgan fingerprint density at radius 2 is 1.57 bits per heavy atom. The molecule has 104 valence electrons. The van der Waals surface area contributed by atoms with Gasteiger partial charge in [-0.2, -0.15) is 0 Å². The number of benzene rings is 2. The Bertz CT molecular complexity index is 701. The lowest BCUT2D eigenvalue weighted by Crippen LogP contribution is -2.08. The second kappa shape index (κ2) is 4.97. The van der Waals surface area contributed by atoms with E-state index in [4.69, 9.17) is 4.74 Å². The summed E-state index contributed by atoms with van der Waals surface area (Å²) in [7, 11) is 0. The molecule has 1 aliphatic heterocycles. The van der Waals surface area contributed by atoms with Gasteiger partial charge in [-0.05, 0) is 16.7 Å². The first kappa shape index (κ1) is 12.5. The summed E-state index contributed by atoms with van der Waals surface area (Å²) in [6.07, 6.45) is 0.588. The van der Waals surface area contributed by atoms with Crippen LogP contribution >= 0.6 is 0 Å². The van der Waals surface area contributed by atoms with Crippen molar-refractivity contribution in [2.45, 2.75) is 12.5 Å². The van der Waals surface area contributed by atoms with E-state index in [1.54, 1.807) is 0 Å². The highest BCUT2D eigenvalue weighted by atomic mass is 16.5. The predicted octanol–water partition coefficient (Wildman–Crippen LogP) is 3.80. The highest BCUT2D eigenvalue weighted by Gasteiger charge is 2.43. The van der Waals surface area contributed by atoms with E-state index in [1.807, 2.05) is 48.5 Å². The van der Waals surface area contributed by atoms with Gasteiger partial charge >= 0.3 is 0 Å². The van der Waals surface area contributed by atoms with Crippen LogP contribution in [0.4, 0.5) is 0 Å². The zero-order valence-corrected chi connectivity index (χ0v) is 11.7. The van der Waals surface area contributed by atoms with Crippen molar-refractivity contribution in [1.82, 2.24) is 0 Å². The van der Waals surface area contributed by atoms with Crippen molar-refractivity contribution in [3.05, 3.63) is 77.4 Å².